The van der Waals surface area contributed by atoms with E-state index in [2.05, 4.69) is 10.3 Å². The van der Waals surface area contributed by atoms with Crippen LogP contribution in [0.2, 0.25) is 0 Å². The number of fused-ring (bicyclic) bond motifs is 1. The van der Waals surface area contributed by atoms with Gasteiger partial charge in [-0.3, -0.25) is 4.79 Å². The van der Waals surface area contributed by atoms with Crippen LogP contribution in [0.1, 0.15) is 5.56 Å². The number of methoxy groups -OCH3 is 1. The van der Waals surface area contributed by atoms with E-state index < -0.39 is 0 Å². The largest absolute Gasteiger partial charge is 0.497 e. The predicted molar refractivity (Wildman–Crippen MR) is 111 cm³/mol. The zero-order valence-corrected chi connectivity index (χ0v) is 16.1. The summed E-state index contributed by atoms with van der Waals surface area (Å²) in [5.41, 5.74) is 4.04. The van der Waals surface area contributed by atoms with E-state index in [0.717, 1.165) is 22.4 Å². The fourth-order valence-electron chi connectivity index (χ4n) is 2.83. The number of hydrogen-bond donors (Lipinski definition) is 1. The molecule has 4 aromatic rings. The smallest absolute Gasteiger partial charge is 0.262 e. The summed E-state index contributed by atoms with van der Waals surface area (Å²) in [5.74, 6) is 1.66. The summed E-state index contributed by atoms with van der Waals surface area (Å²) in [6, 6.07) is 20.3. The summed E-state index contributed by atoms with van der Waals surface area (Å²) in [6.45, 7) is 1.94. The highest BCUT2D eigenvalue weighted by Gasteiger charge is 2.10. The normalized spacial score (nSPS) is 10.7. The molecule has 6 heteroatoms. The van der Waals surface area contributed by atoms with E-state index >= 15 is 0 Å². The molecule has 4 rings (SSSR count). The number of aromatic nitrogens is 1. The van der Waals surface area contributed by atoms with Gasteiger partial charge in [-0.1, -0.05) is 17.7 Å². The monoisotopic (exact) mass is 388 g/mol. The van der Waals surface area contributed by atoms with Crippen LogP contribution < -0.4 is 14.8 Å². The fourth-order valence-corrected chi connectivity index (χ4v) is 2.83. The molecule has 0 unspecified atom stereocenters. The third-order valence-electron chi connectivity index (χ3n) is 4.40. The van der Waals surface area contributed by atoms with E-state index in [1.165, 1.54) is 0 Å². The Hall–Kier alpha value is -3.80. The SMILES string of the molecule is COc1ccc2oc(-c3ccc(NC(=O)COc4ccc(C)cc4)cc3)nc2c1. The Kier molecular flexibility index (Phi) is 5.16. The molecule has 1 heterocycles. The van der Waals surface area contributed by atoms with Crippen LogP contribution in [-0.2, 0) is 4.79 Å². The van der Waals surface area contributed by atoms with E-state index in [-0.39, 0.29) is 12.5 Å². The van der Waals surface area contributed by atoms with Crippen molar-refractivity contribution in [2.45, 2.75) is 6.92 Å². The Morgan fingerprint density at radius 1 is 1.00 bits per heavy atom. The number of ether oxygens (including phenoxy) is 2. The fraction of sp³-hybridized carbons (Fsp3) is 0.130. The van der Waals surface area contributed by atoms with Gasteiger partial charge in [0.15, 0.2) is 12.2 Å². The summed E-state index contributed by atoms with van der Waals surface area (Å²) in [5, 5.41) is 2.81. The summed E-state index contributed by atoms with van der Waals surface area (Å²) in [6.07, 6.45) is 0. The van der Waals surface area contributed by atoms with E-state index in [9.17, 15) is 4.79 Å². The first-order chi connectivity index (χ1) is 14.1. The van der Waals surface area contributed by atoms with Crippen molar-refractivity contribution in [1.29, 1.82) is 0 Å². The van der Waals surface area contributed by atoms with Crippen LogP contribution in [-0.4, -0.2) is 24.6 Å². The predicted octanol–water partition coefficient (Wildman–Crippen LogP) is 4.83. The Morgan fingerprint density at radius 3 is 2.45 bits per heavy atom. The van der Waals surface area contributed by atoms with Gasteiger partial charge in [-0.05, 0) is 55.5 Å². The molecule has 0 aliphatic carbocycles. The summed E-state index contributed by atoms with van der Waals surface area (Å²) in [7, 11) is 1.61. The first-order valence-corrected chi connectivity index (χ1v) is 9.15. The minimum atomic E-state index is -0.229. The maximum absolute atomic E-state index is 12.1. The van der Waals surface area contributed by atoms with Gasteiger partial charge in [0.05, 0.1) is 7.11 Å². The highest BCUT2D eigenvalue weighted by Crippen LogP contribution is 2.27. The molecule has 29 heavy (non-hydrogen) atoms. The van der Waals surface area contributed by atoms with Gasteiger partial charge in [-0.15, -0.1) is 0 Å². The molecule has 0 spiro atoms. The maximum atomic E-state index is 12.1. The van der Waals surface area contributed by atoms with Gasteiger partial charge in [-0.25, -0.2) is 4.98 Å². The standard InChI is InChI=1S/C23H20N2O4/c1-15-3-9-18(10-4-15)28-14-22(26)24-17-7-5-16(6-8-17)23-25-20-13-19(27-2)11-12-21(20)29-23/h3-13H,14H2,1-2H3,(H,24,26). The highest BCUT2D eigenvalue weighted by molar-refractivity contribution is 5.92. The van der Waals surface area contributed by atoms with Gasteiger partial charge in [0.1, 0.15) is 17.0 Å². The van der Waals surface area contributed by atoms with Gasteiger partial charge >= 0.3 is 0 Å². The molecule has 0 aliphatic rings. The number of amides is 1. The van der Waals surface area contributed by atoms with Gasteiger partial charge in [-0.2, -0.15) is 0 Å². The van der Waals surface area contributed by atoms with Gasteiger partial charge in [0.25, 0.3) is 5.91 Å². The van der Waals surface area contributed by atoms with E-state index in [0.29, 0.717) is 22.9 Å². The number of aryl methyl sites for hydroxylation is 1. The summed E-state index contributed by atoms with van der Waals surface area (Å²) in [4.78, 5) is 16.6. The highest BCUT2D eigenvalue weighted by atomic mass is 16.5. The van der Waals surface area contributed by atoms with Crippen molar-refractivity contribution in [3.8, 4) is 23.0 Å². The van der Waals surface area contributed by atoms with Crippen molar-refractivity contribution in [2.75, 3.05) is 19.0 Å². The topological polar surface area (TPSA) is 73.6 Å². The zero-order chi connectivity index (χ0) is 20.2. The molecule has 0 saturated carbocycles. The van der Waals surface area contributed by atoms with E-state index in [1.54, 1.807) is 19.2 Å². The number of anilines is 1. The number of nitrogens with zero attached hydrogens (tertiary/aromatic N) is 1. The number of oxazole rings is 1. The molecular weight excluding hydrogens is 368 g/mol. The molecule has 1 aromatic heterocycles. The Morgan fingerprint density at radius 2 is 1.72 bits per heavy atom. The lowest BCUT2D eigenvalue weighted by atomic mass is 10.2. The molecule has 3 aromatic carbocycles. The van der Waals surface area contributed by atoms with Crippen molar-refractivity contribution in [3.05, 3.63) is 72.3 Å². The average molecular weight is 388 g/mol. The minimum Gasteiger partial charge on any atom is -0.497 e. The van der Waals surface area contributed by atoms with Crippen LogP contribution in [0.3, 0.4) is 0 Å². The number of carbonyl (C=O) groups excluding carboxylic acids is 1. The van der Waals surface area contributed by atoms with Crippen LogP contribution in [0.4, 0.5) is 5.69 Å². The molecule has 0 radical (unpaired) electrons. The second kappa shape index (κ2) is 8.06. The van der Waals surface area contributed by atoms with Crippen LogP contribution in [0.25, 0.3) is 22.6 Å². The minimum absolute atomic E-state index is 0.0578. The van der Waals surface area contributed by atoms with Crippen molar-refractivity contribution in [3.63, 3.8) is 0 Å². The third-order valence-corrected chi connectivity index (χ3v) is 4.40. The van der Waals surface area contributed by atoms with Gasteiger partial charge in [0, 0.05) is 17.3 Å². The first kappa shape index (κ1) is 18.6. The zero-order valence-electron chi connectivity index (χ0n) is 16.1. The number of nitrogens with one attached hydrogen (secondary N) is 1. The Bertz CT molecular complexity index is 1130. The van der Waals surface area contributed by atoms with Gasteiger partial charge < -0.3 is 19.2 Å². The second-order valence-corrected chi connectivity index (χ2v) is 6.58. The summed E-state index contributed by atoms with van der Waals surface area (Å²) < 4.78 is 16.5. The molecular formula is C23H20N2O4. The summed E-state index contributed by atoms with van der Waals surface area (Å²) >= 11 is 0. The molecule has 146 valence electrons. The molecule has 1 N–H and O–H groups in total. The molecule has 0 aliphatic heterocycles. The Balaban J connectivity index is 1.39. The van der Waals surface area contributed by atoms with Crippen molar-refractivity contribution < 1.29 is 18.7 Å². The van der Waals surface area contributed by atoms with Gasteiger partial charge in [0.2, 0.25) is 5.89 Å². The number of carbonyl (C=O) groups is 1. The van der Waals surface area contributed by atoms with Crippen molar-refractivity contribution in [2.24, 2.45) is 0 Å². The van der Waals surface area contributed by atoms with Crippen LogP contribution in [0.15, 0.2) is 71.1 Å². The third kappa shape index (κ3) is 4.38. The van der Waals surface area contributed by atoms with Crippen LogP contribution in [0.5, 0.6) is 11.5 Å². The average Bonchev–Trinajstić information content (AvgIpc) is 3.17. The molecule has 0 bridgehead atoms. The van der Waals surface area contributed by atoms with Crippen molar-refractivity contribution >= 4 is 22.7 Å². The molecule has 0 fully saturated rings. The Labute approximate surface area is 168 Å². The number of rotatable bonds is 6. The lowest BCUT2D eigenvalue weighted by Crippen LogP contribution is -2.20. The van der Waals surface area contributed by atoms with Crippen LogP contribution >= 0.6 is 0 Å². The molecule has 0 saturated heterocycles. The molecule has 6 nitrogen and oxygen atoms in total. The van der Waals surface area contributed by atoms with E-state index in [1.807, 2.05) is 61.5 Å². The van der Waals surface area contributed by atoms with E-state index in [4.69, 9.17) is 13.9 Å². The molecule has 1 amide bonds. The second-order valence-electron chi connectivity index (χ2n) is 6.58. The quantitative estimate of drug-likeness (QED) is 0.512. The lowest BCUT2D eigenvalue weighted by Gasteiger charge is -2.08. The number of benzene rings is 3. The number of hydrogen-bond acceptors (Lipinski definition) is 5. The molecule has 0 atom stereocenters. The lowest BCUT2D eigenvalue weighted by molar-refractivity contribution is -0.118. The van der Waals surface area contributed by atoms with Crippen molar-refractivity contribution in [1.82, 2.24) is 4.98 Å². The first-order valence-electron chi connectivity index (χ1n) is 9.15. The van der Waals surface area contributed by atoms with Crippen LogP contribution in [0, 0.1) is 6.92 Å². The maximum Gasteiger partial charge on any atom is 0.262 e.